The van der Waals surface area contributed by atoms with E-state index < -0.39 is 11.6 Å². The Morgan fingerprint density at radius 3 is 2.60 bits per heavy atom. The molecule has 2 aromatic rings. The van der Waals surface area contributed by atoms with Crippen molar-refractivity contribution in [3.8, 4) is 11.5 Å². The summed E-state index contributed by atoms with van der Waals surface area (Å²) in [7, 11) is 0. The maximum absolute atomic E-state index is 13.2. The molecule has 1 radical (unpaired) electrons. The Hall–Kier alpha value is -1.62. The fourth-order valence-electron chi connectivity index (χ4n) is 0.975. The van der Waals surface area contributed by atoms with Crippen LogP contribution in [0.25, 0.3) is 11.5 Å². The zero-order chi connectivity index (χ0) is 10.8. The van der Waals surface area contributed by atoms with Crippen molar-refractivity contribution in [1.82, 2.24) is 15.0 Å². The van der Waals surface area contributed by atoms with Crippen molar-refractivity contribution < 1.29 is 8.78 Å². The lowest BCUT2D eigenvalue weighted by Gasteiger charge is -1.99. The van der Waals surface area contributed by atoms with Crippen molar-refractivity contribution in [3.05, 3.63) is 41.3 Å². The lowest BCUT2D eigenvalue weighted by atomic mass is 10.3. The fourth-order valence-corrected chi connectivity index (χ4v) is 1.07. The Labute approximate surface area is 88.8 Å². The van der Waals surface area contributed by atoms with Crippen LogP contribution < -0.4 is 0 Å². The van der Waals surface area contributed by atoms with Crippen LogP contribution in [0.1, 0.15) is 0 Å². The number of nitrogens with zero attached hydrogens (tertiary/aromatic N) is 3. The van der Waals surface area contributed by atoms with E-state index >= 15 is 0 Å². The van der Waals surface area contributed by atoms with E-state index in [1.165, 1.54) is 6.20 Å². The highest BCUT2D eigenvalue weighted by Gasteiger charge is 2.10. The highest BCUT2D eigenvalue weighted by Crippen LogP contribution is 2.16. The molecule has 0 spiro atoms. The van der Waals surface area contributed by atoms with Crippen LogP contribution in [-0.2, 0) is 0 Å². The molecule has 0 amide bonds. The van der Waals surface area contributed by atoms with Crippen LogP contribution in [0.5, 0.6) is 0 Å². The topological polar surface area (TPSA) is 38.7 Å². The zero-order valence-corrected chi connectivity index (χ0v) is 7.96. The molecule has 2 rings (SSSR count). The molecule has 0 N–H and O–H groups in total. The second-order valence-electron chi connectivity index (χ2n) is 2.64. The van der Waals surface area contributed by atoms with Gasteiger partial charge in [-0.1, -0.05) is 11.6 Å². The molecule has 0 aliphatic rings. The monoisotopic (exact) mass is 226 g/mol. The lowest BCUT2D eigenvalue weighted by Crippen LogP contribution is -1.95. The van der Waals surface area contributed by atoms with Crippen molar-refractivity contribution in [2.75, 3.05) is 0 Å². The normalized spacial score (nSPS) is 10.3. The van der Waals surface area contributed by atoms with Gasteiger partial charge in [0.25, 0.3) is 0 Å². The summed E-state index contributed by atoms with van der Waals surface area (Å²) in [6, 6.07) is 0.709. The van der Waals surface area contributed by atoms with Gasteiger partial charge in [0.15, 0.2) is 11.6 Å². The van der Waals surface area contributed by atoms with Gasteiger partial charge in [0.2, 0.25) is 0 Å². The SMILES string of the molecule is Fc1cnc(-c2n[c]c(Cl)cn2)c(F)c1. The summed E-state index contributed by atoms with van der Waals surface area (Å²) in [5.41, 5.74) is -0.135. The Bertz CT molecular complexity index is 487. The molecule has 0 aromatic carbocycles. The predicted octanol–water partition coefficient (Wildman–Crippen LogP) is 2.27. The van der Waals surface area contributed by atoms with Crippen LogP contribution in [0.2, 0.25) is 5.02 Å². The van der Waals surface area contributed by atoms with Gasteiger partial charge in [0.1, 0.15) is 17.7 Å². The first-order valence-electron chi connectivity index (χ1n) is 3.88. The van der Waals surface area contributed by atoms with Gasteiger partial charge >= 0.3 is 0 Å². The zero-order valence-electron chi connectivity index (χ0n) is 7.21. The van der Waals surface area contributed by atoms with Gasteiger partial charge in [0, 0.05) is 6.07 Å². The Morgan fingerprint density at radius 1 is 1.20 bits per heavy atom. The number of halogens is 3. The fraction of sp³-hybridized carbons (Fsp3) is 0. The third-order valence-electron chi connectivity index (χ3n) is 1.59. The molecule has 2 heterocycles. The second kappa shape index (κ2) is 3.86. The minimum absolute atomic E-state index is 0.0110. The van der Waals surface area contributed by atoms with Crippen molar-refractivity contribution >= 4 is 11.6 Å². The summed E-state index contributed by atoms with van der Waals surface area (Å²) in [6.45, 7) is 0. The van der Waals surface area contributed by atoms with Crippen LogP contribution in [0.4, 0.5) is 8.78 Å². The van der Waals surface area contributed by atoms with Crippen molar-refractivity contribution in [2.24, 2.45) is 0 Å². The number of aromatic nitrogens is 3. The van der Waals surface area contributed by atoms with Crippen molar-refractivity contribution in [2.45, 2.75) is 0 Å². The van der Waals surface area contributed by atoms with Gasteiger partial charge < -0.3 is 0 Å². The standard InChI is InChI=1S/C9H3ClF2N3/c10-5-2-14-9(15-3-5)8-7(12)1-6(11)4-13-8/h1-2,4H. The highest BCUT2D eigenvalue weighted by atomic mass is 35.5. The van der Waals surface area contributed by atoms with Crippen LogP contribution in [0.15, 0.2) is 18.5 Å². The maximum atomic E-state index is 13.2. The molecule has 0 unspecified atom stereocenters. The van der Waals surface area contributed by atoms with Crippen molar-refractivity contribution in [3.63, 3.8) is 0 Å². The maximum Gasteiger partial charge on any atom is 0.181 e. The summed E-state index contributed by atoms with van der Waals surface area (Å²) in [5.74, 6) is -1.57. The molecule has 3 nitrogen and oxygen atoms in total. The molecule has 0 aliphatic heterocycles. The van der Waals surface area contributed by atoms with E-state index in [1.54, 1.807) is 0 Å². The number of rotatable bonds is 1. The third-order valence-corrected chi connectivity index (χ3v) is 1.77. The summed E-state index contributed by atoms with van der Waals surface area (Å²) < 4.78 is 25.8. The first kappa shape index (κ1) is 9.92. The number of hydrogen-bond donors (Lipinski definition) is 0. The van der Waals surface area contributed by atoms with E-state index in [9.17, 15) is 8.78 Å². The van der Waals surface area contributed by atoms with E-state index in [2.05, 4.69) is 21.1 Å². The average molecular weight is 227 g/mol. The molecule has 0 saturated heterocycles. The molecule has 0 fully saturated rings. The summed E-state index contributed by atoms with van der Waals surface area (Å²) in [4.78, 5) is 10.9. The van der Waals surface area contributed by atoms with Gasteiger partial charge in [-0.3, -0.25) is 0 Å². The highest BCUT2D eigenvalue weighted by molar-refractivity contribution is 6.30. The Balaban J connectivity index is 2.49. The van der Waals surface area contributed by atoms with Gasteiger partial charge in [-0.2, -0.15) is 0 Å². The van der Waals surface area contributed by atoms with Crippen LogP contribution in [0, 0.1) is 17.8 Å². The van der Waals surface area contributed by atoms with Gasteiger partial charge in [-0.05, 0) is 0 Å². The van der Waals surface area contributed by atoms with E-state index in [-0.39, 0.29) is 16.5 Å². The molecule has 2 aromatic heterocycles. The van der Waals surface area contributed by atoms with Crippen LogP contribution in [0.3, 0.4) is 0 Å². The molecule has 75 valence electrons. The number of pyridine rings is 1. The molecule has 15 heavy (non-hydrogen) atoms. The van der Waals surface area contributed by atoms with E-state index in [0.29, 0.717) is 6.07 Å². The third kappa shape index (κ3) is 2.07. The minimum atomic E-state index is -0.828. The van der Waals surface area contributed by atoms with Crippen molar-refractivity contribution in [1.29, 1.82) is 0 Å². The first-order chi connectivity index (χ1) is 7.16. The molecular weight excluding hydrogens is 224 g/mol. The van der Waals surface area contributed by atoms with E-state index in [1.807, 2.05) is 0 Å². The van der Waals surface area contributed by atoms with E-state index in [4.69, 9.17) is 11.6 Å². The molecule has 0 atom stereocenters. The largest absolute Gasteiger partial charge is 0.247 e. The molecule has 0 aliphatic carbocycles. The Kier molecular flexibility index (Phi) is 2.55. The summed E-state index contributed by atoms with van der Waals surface area (Å²) >= 11 is 5.51. The van der Waals surface area contributed by atoms with Crippen LogP contribution >= 0.6 is 11.6 Å². The second-order valence-corrected chi connectivity index (χ2v) is 3.04. The molecule has 0 bridgehead atoms. The smallest absolute Gasteiger partial charge is 0.181 e. The predicted molar refractivity (Wildman–Crippen MR) is 49.0 cm³/mol. The van der Waals surface area contributed by atoms with Gasteiger partial charge in [-0.25, -0.2) is 23.7 Å². The minimum Gasteiger partial charge on any atom is -0.247 e. The van der Waals surface area contributed by atoms with E-state index in [0.717, 1.165) is 6.20 Å². The molecule has 6 heteroatoms. The Morgan fingerprint density at radius 2 is 2.00 bits per heavy atom. The first-order valence-corrected chi connectivity index (χ1v) is 4.26. The molecule has 0 saturated carbocycles. The van der Waals surface area contributed by atoms with Gasteiger partial charge in [-0.15, -0.1) is 0 Å². The summed E-state index contributed by atoms with van der Waals surface area (Å²) in [5, 5.41) is 0.210. The average Bonchev–Trinajstić information content (AvgIpc) is 2.20. The lowest BCUT2D eigenvalue weighted by molar-refractivity contribution is 0.575. The van der Waals surface area contributed by atoms with Gasteiger partial charge in [0.05, 0.1) is 17.4 Å². The quantitative estimate of drug-likeness (QED) is 0.749. The number of hydrogen-bond acceptors (Lipinski definition) is 3. The summed E-state index contributed by atoms with van der Waals surface area (Å²) in [6.07, 6.45) is 4.54. The van der Waals surface area contributed by atoms with Crippen LogP contribution in [-0.4, -0.2) is 15.0 Å². The molecular formula is C9H3ClF2N3.